The number of aromatic amines is 1. The molecule has 1 saturated heterocycles. The highest BCUT2D eigenvalue weighted by atomic mass is 16.5. The van der Waals surface area contributed by atoms with Crippen molar-refractivity contribution in [3.8, 4) is 5.75 Å². The molecule has 3 atom stereocenters. The SMILES string of the molecule is COc1ccc2[nH]cc(C(=O)C[NH+]3C[C@H]4C[C@@H](C3)c3cccc(=O)n3C4)c2c1. The number of nitrogens with zero attached hydrogens (tertiary/aromatic N) is 1. The Morgan fingerprint density at radius 3 is 3.04 bits per heavy atom. The highest BCUT2D eigenvalue weighted by Crippen LogP contribution is 2.30. The number of methoxy groups -OCH3 is 1. The van der Waals surface area contributed by atoms with Crippen LogP contribution in [-0.2, 0) is 6.54 Å². The van der Waals surface area contributed by atoms with Crippen molar-refractivity contribution in [1.29, 1.82) is 0 Å². The number of ketones is 1. The normalized spacial score (nSPS) is 23.4. The van der Waals surface area contributed by atoms with Gasteiger partial charge in [0, 0.05) is 52.8 Å². The molecule has 1 aromatic carbocycles. The number of Topliss-reactive ketones (excluding diaryl/α,β-unsaturated/α-hetero) is 1. The summed E-state index contributed by atoms with van der Waals surface area (Å²) in [6, 6.07) is 11.3. The number of piperidine rings is 1. The second-order valence-corrected chi connectivity index (χ2v) is 8.07. The van der Waals surface area contributed by atoms with Gasteiger partial charge in [0.25, 0.3) is 5.56 Å². The Bertz CT molecular complexity index is 1110. The standard InChI is InChI=1S/C22H23N3O3/c1-28-16-5-6-19-17(8-16)18(9-23-19)21(26)13-24-10-14-7-15(12-24)20-3-2-4-22(27)25(20)11-14/h2-6,8-9,14-15,23H,7,10-13H2,1H3/p+1/t14-,15+/m1/s1. The Morgan fingerprint density at radius 1 is 1.29 bits per heavy atom. The predicted molar refractivity (Wildman–Crippen MR) is 106 cm³/mol. The maximum atomic E-state index is 13.1. The van der Waals surface area contributed by atoms with E-state index < -0.39 is 0 Å². The number of hydrogen-bond acceptors (Lipinski definition) is 3. The molecule has 2 bridgehead atoms. The summed E-state index contributed by atoms with van der Waals surface area (Å²) in [5, 5.41) is 0.915. The fraction of sp³-hybridized carbons (Fsp3) is 0.364. The third-order valence-electron chi connectivity index (χ3n) is 6.27. The van der Waals surface area contributed by atoms with Crippen LogP contribution in [0.25, 0.3) is 10.9 Å². The molecule has 6 nitrogen and oxygen atoms in total. The second-order valence-electron chi connectivity index (χ2n) is 8.07. The topological polar surface area (TPSA) is 68.5 Å². The van der Waals surface area contributed by atoms with Crippen molar-refractivity contribution in [1.82, 2.24) is 9.55 Å². The summed E-state index contributed by atoms with van der Waals surface area (Å²) in [5.74, 6) is 1.72. The van der Waals surface area contributed by atoms with E-state index in [-0.39, 0.29) is 11.3 Å². The molecule has 144 valence electrons. The van der Waals surface area contributed by atoms with E-state index in [0.29, 0.717) is 18.4 Å². The lowest BCUT2D eigenvalue weighted by molar-refractivity contribution is -0.902. The van der Waals surface area contributed by atoms with Crippen molar-refractivity contribution in [3.05, 3.63) is 64.2 Å². The minimum Gasteiger partial charge on any atom is -0.497 e. The zero-order valence-electron chi connectivity index (χ0n) is 15.9. The smallest absolute Gasteiger partial charge is 0.250 e. The Balaban J connectivity index is 1.38. The average molecular weight is 378 g/mol. The van der Waals surface area contributed by atoms with Crippen molar-refractivity contribution < 1.29 is 14.4 Å². The fourth-order valence-corrected chi connectivity index (χ4v) is 5.04. The second kappa shape index (κ2) is 6.63. The van der Waals surface area contributed by atoms with E-state index in [1.807, 2.05) is 35.0 Å². The first-order valence-corrected chi connectivity index (χ1v) is 9.84. The molecule has 0 saturated carbocycles. The van der Waals surface area contributed by atoms with Gasteiger partial charge in [0.2, 0.25) is 5.78 Å². The zero-order valence-corrected chi connectivity index (χ0v) is 15.9. The van der Waals surface area contributed by atoms with Crippen molar-refractivity contribution in [2.75, 3.05) is 26.7 Å². The van der Waals surface area contributed by atoms with Gasteiger partial charge in [-0.3, -0.25) is 9.59 Å². The Kier molecular flexibility index (Phi) is 4.09. The van der Waals surface area contributed by atoms with Gasteiger partial charge in [-0.2, -0.15) is 0 Å². The highest BCUT2D eigenvalue weighted by molar-refractivity contribution is 6.08. The average Bonchev–Trinajstić information content (AvgIpc) is 3.12. The number of likely N-dealkylation sites (tertiary alicyclic amines) is 1. The Labute approximate surface area is 162 Å². The fourth-order valence-electron chi connectivity index (χ4n) is 5.04. The van der Waals surface area contributed by atoms with E-state index in [2.05, 4.69) is 11.1 Å². The number of hydrogen-bond donors (Lipinski definition) is 2. The molecule has 1 unspecified atom stereocenters. The summed E-state index contributed by atoms with van der Waals surface area (Å²) >= 11 is 0. The van der Waals surface area contributed by atoms with E-state index in [0.717, 1.165) is 54.0 Å². The summed E-state index contributed by atoms with van der Waals surface area (Å²) in [4.78, 5) is 29.7. The van der Waals surface area contributed by atoms with Gasteiger partial charge >= 0.3 is 0 Å². The number of pyridine rings is 1. The molecule has 3 aromatic rings. The van der Waals surface area contributed by atoms with Crippen molar-refractivity contribution in [2.45, 2.75) is 18.9 Å². The first-order valence-electron chi connectivity index (χ1n) is 9.84. The monoisotopic (exact) mass is 378 g/mol. The summed E-state index contributed by atoms with van der Waals surface area (Å²) in [7, 11) is 1.63. The van der Waals surface area contributed by atoms with E-state index >= 15 is 0 Å². The van der Waals surface area contributed by atoms with Gasteiger partial charge in [-0.05, 0) is 30.7 Å². The van der Waals surface area contributed by atoms with Crippen molar-refractivity contribution in [2.24, 2.45) is 5.92 Å². The number of fused-ring (bicyclic) bond motifs is 5. The summed E-state index contributed by atoms with van der Waals surface area (Å²) in [5.41, 5.74) is 2.90. The number of carbonyl (C=O) groups is 1. The largest absolute Gasteiger partial charge is 0.497 e. The Hall–Kier alpha value is -2.86. The van der Waals surface area contributed by atoms with Crippen LogP contribution in [-0.4, -0.2) is 42.1 Å². The third kappa shape index (κ3) is 2.85. The first-order chi connectivity index (χ1) is 13.6. The van der Waals surface area contributed by atoms with Gasteiger partial charge in [0.1, 0.15) is 12.3 Å². The van der Waals surface area contributed by atoms with Crippen molar-refractivity contribution in [3.63, 3.8) is 0 Å². The number of ether oxygens (including phenoxy) is 1. The van der Waals surface area contributed by atoms with Crippen LogP contribution in [0, 0.1) is 5.92 Å². The maximum Gasteiger partial charge on any atom is 0.250 e. The number of H-pyrrole nitrogens is 1. The van der Waals surface area contributed by atoms with Crippen LogP contribution in [0.1, 0.15) is 28.4 Å². The van der Waals surface area contributed by atoms with Gasteiger partial charge in [0.15, 0.2) is 0 Å². The molecule has 6 heteroatoms. The number of quaternary nitrogens is 1. The van der Waals surface area contributed by atoms with Gasteiger partial charge in [-0.15, -0.1) is 0 Å². The predicted octanol–water partition coefficient (Wildman–Crippen LogP) is 1.22. The molecule has 2 aromatic heterocycles. The Morgan fingerprint density at radius 2 is 2.18 bits per heavy atom. The summed E-state index contributed by atoms with van der Waals surface area (Å²) in [6.07, 6.45) is 2.93. The van der Waals surface area contributed by atoms with Crippen LogP contribution < -0.4 is 15.2 Å². The van der Waals surface area contributed by atoms with Gasteiger partial charge in [-0.25, -0.2) is 0 Å². The first kappa shape index (κ1) is 17.3. The van der Waals surface area contributed by atoms with E-state index in [9.17, 15) is 9.59 Å². The minimum atomic E-state index is 0.0967. The number of carbonyl (C=O) groups excluding carboxylic acids is 1. The number of benzene rings is 1. The maximum absolute atomic E-state index is 13.1. The molecule has 1 fully saturated rings. The van der Waals surface area contributed by atoms with Gasteiger partial charge in [0.05, 0.1) is 20.2 Å². The van der Waals surface area contributed by atoms with E-state index in [1.165, 1.54) is 4.90 Å². The lowest BCUT2D eigenvalue weighted by Gasteiger charge is -2.40. The molecule has 0 aliphatic carbocycles. The van der Waals surface area contributed by atoms with Crippen LogP contribution in [0.5, 0.6) is 5.75 Å². The van der Waals surface area contributed by atoms with E-state index in [4.69, 9.17) is 4.74 Å². The van der Waals surface area contributed by atoms with Crippen LogP contribution in [0.15, 0.2) is 47.4 Å². The van der Waals surface area contributed by atoms with Crippen molar-refractivity contribution >= 4 is 16.7 Å². The molecule has 2 N–H and O–H groups in total. The van der Waals surface area contributed by atoms with Gasteiger partial charge in [-0.1, -0.05) is 6.07 Å². The molecule has 0 radical (unpaired) electrons. The highest BCUT2D eigenvalue weighted by Gasteiger charge is 2.37. The summed E-state index contributed by atoms with van der Waals surface area (Å²) in [6.45, 7) is 3.09. The number of nitrogens with one attached hydrogen (secondary N) is 2. The lowest BCUT2D eigenvalue weighted by atomic mass is 9.83. The summed E-state index contributed by atoms with van der Waals surface area (Å²) < 4.78 is 7.25. The molecular formula is C22H24N3O3+. The molecular weight excluding hydrogens is 354 g/mol. The van der Waals surface area contributed by atoms with Crippen LogP contribution in [0.3, 0.4) is 0 Å². The molecule has 28 heavy (non-hydrogen) atoms. The number of aromatic nitrogens is 2. The van der Waals surface area contributed by atoms with Crippen LogP contribution in [0.4, 0.5) is 0 Å². The number of rotatable bonds is 4. The van der Waals surface area contributed by atoms with Gasteiger partial charge < -0.3 is 19.2 Å². The molecule has 4 heterocycles. The van der Waals surface area contributed by atoms with Crippen LogP contribution in [0.2, 0.25) is 0 Å². The van der Waals surface area contributed by atoms with E-state index in [1.54, 1.807) is 13.2 Å². The molecule has 2 aliphatic rings. The molecule has 0 spiro atoms. The van der Waals surface area contributed by atoms with Crippen LogP contribution >= 0.6 is 0 Å². The molecule has 2 aliphatic heterocycles. The molecule has 5 rings (SSSR count). The minimum absolute atomic E-state index is 0.0967. The third-order valence-corrected chi connectivity index (χ3v) is 6.27. The quantitative estimate of drug-likeness (QED) is 0.671. The lowest BCUT2D eigenvalue weighted by Crippen LogP contribution is -3.15. The molecule has 0 amide bonds. The zero-order chi connectivity index (χ0) is 19.3.